The summed E-state index contributed by atoms with van der Waals surface area (Å²) in [6.07, 6.45) is 2.62. The van der Waals surface area contributed by atoms with E-state index in [0.717, 1.165) is 0 Å². The molecule has 1 N–H and O–H groups in total. The lowest BCUT2D eigenvalue weighted by atomic mass is 10.2. The van der Waals surface area contributed by atoms with Crippen molar-refractivity contribution in [2.24, 2.45) is 0 Å². The van der Waals surface area contributed by atoms with Crippen molar-refractivity contribution in [1.82, 2.24) is 0 Å². The van der Waals surface area contributed by atoms with E-state index in [2.05, 4.69) is 5.32 Å². The van der Waals surface area contributed by atoms with Crippen molar-refractivity contribution < 1.29 is 18.7 Å². The highest BCUT2D eigenvalue weighted by molar-refractivity contribution is 14.1. The van der Waals surface area contributed by atoms with E-state index in [1.54, 1.807) is 36.4 Å². The molecule has 1 aromatic heterocycles. The first-order valence-corrected chi connectivity index (χ1v) is 7.55. The van der Waals surface area contributed by atoms with E-state index in [4.69, 9.17) is 14.4 Å². The molecule has 1 heterocycles. The molecule has 0 unspecified atom stereocenters. The molecule has 0 atom stereocenters. The molecule has 0 saturated heterocycles. The Labute approximate surface area is 145 Å². The number of nitrogens with zero attached hydrogens (tertiary/aromatic N) is 1. The fourth-order valence-electron chi connectivity index (χ4n) is 1.63. The predicted octanol–water partition coefficient (Wildman–Crippen LogP) is 2.95. The lowest BCUT2D eigenvalue weighted by Gasteiger charge is -2.06. The quantitative estimate of drug-likeness (QED) is 0.455. The van der Waals surface area contributed by atoms with Crippen molar-refractivity contribution in [3.8, 4) is 6.07 Å². The van der Waals surface area contributed by atoms with Gasteiger partial charge in [-0.25, -0.2) is 4.79 Å². The largest absolute Gasteiger partial charge is 0.452 e. The van der Waals surface area contributed by atoms with E-state index in [1.807, 2.05) is 28.7 Å². The molecule has 0 radical (unpaired) electrons. The van der Waals surface area contributed by atoms with Crippen molar-refractivity contribution in [1.29, 1.82) is 5.26 Å². The van der Waals surface area contributed by atoms with E-state index >= 15 is 0 Å². The molecule has 2 aromatic rings. The van der Waals surface area contributed by atoms with Crippen molar-refractivity contribution in [3.63, 3.8) is 0 Å². The zero-order valence-corrected chi connectivity index (χ0v) is 13.9. The van der Waals surface area contributed by atoms with Crippen LogP contribution in [0.3, 0.4) is 0 Å². The highest BCUT2D eigenvalue weighted by Crippen LogP contribution is 2.13. The number of para-hydroxylation sites is 1. The van der Waals surface area contributed by atoms with Crippen LogP contribution in [0, 0.1) is 15.1 Å². The number of rotatable bonds is 5. The molecule has 0 fully saturated rings. The Kier molecular flexibility index (Phi) is 5.94. The zero-order valence-electron chi connectivity index (χ0n) is 11.8. The normalized spacial score (nSPS) is 10.3. The van der Waals surface area contributed by atoms with Gasteiger partial charge in [0.1, 0.15) is 11.8 Å². The number of anilines is 1. The molecular formula is C16H11IN2O4. The van der Waals surface area contributed by atoms with Gasteiger partial charge < -0.3 is 14.5 Å². The first-order valence-electron chi connectivity index (χ1n) is 6.47. The highest BCUT2D eigenvalue weighted by atomic mass is 127. The summed E-state index contributed by atoms with van der Waals surface area (Å²) in [6, 6.07) is 12.0. The summed E-state index contributed by atoms with van der Waals surface area (Å²) in [5, 5.41) is 11.4. The Morgan fingerprint density at radius 3 is 2.78 bits per heavy atom. The minimum Gasteiger partial charge on any atom is -0.452 e. The molecule has 2 rings (SSSR count). The summed E-state index contributed by atoms with van der Waals surface area (Å²) in [6.45, 7) is -0.446. The van der Waals surface area contributed by atoms with Gasteiger partial charge in [-0.05, 0) is 52.9 Å². The van der Waals surface area contributed by atoms with Crippen LogP contribution in [0.25, 0.3) is 6.08 Å². The van der Waals surface area contributed by atoms with Crippen LogP contribution in [0.5, 0.6) is 0 Å². The number of hydrogen-bond acceptors (Lipinski definition) is 5. The molecule has 6 nitrogen and oxygen atoms in total. The van der Waals surface area contributed by atoms with Crippen molar-refractivity contribution in [3.05, 3.63) is 57.6 Å². The Morgan fingerprint density at radius 2 is 2.09 bits per heavy atom. The van der Waals surface area contributed by atoms with Gasteiger partial charge in [-0.1, -0.05) is 12.1 Å². The third kappa shape index (κ3) is 5.27. The van der Waals surface area contributed by atoms with E-state index in [9.17, 15) is 9.59 Å². The van der Waals surface area contributed by atoms with Crippen LogP contribution < -0.4 is 5.32 Å². The van der Waals surface area contributed by atoms with Gasteiger partial charge in [0, 0.05) is 6.08 Å². The van der Waals surface area contributed by atoms with Crippen LogP contribution in [-0.2, 0) is 14.3 Å². The molecular weight excluding hydrogens is 411 g/mol. The van der Waals surface area contributed by atoms with Gasteiger partial charge in [-0.15, -0.1) is 0 Å². The number of carbonyl (C=O) groups excluding carboxylic acids is 2. The number of amides is 1. The number of ether oxygens (including phenoxy) is 1. The third-order valence-corrected chi connectivity index (χ3v) is 3.22. The second-order valence-corrected chi connectivity index (χ2v) is 5.35. The number of nitrogens with one attached hydrogen (secondary N) is 1. The predicted molar refractivity (Wildman–Crippen MR) is 91.2 cm³/mol. The second-order valence-electron chi connectivity index (χ2n) is 4.29. The molecule has 0 aliphatic heterocycles. The maximum absolute atomic E-state index is 11.7. The minimum atomic E-state index is -0.667. The first-order chi connectivity index (χ1) is 11.1. The molecule has 0 bridgehead atoms. The number of carbonyl (C=O) groups is 2. The first kappa shape index (κ1) is 16.8. The number of benzene rings is 1. The standard InChI is InChI=1S/C16H11IN2O4/c17-14-7-5-12(23-14)6-8-16(21)22-10-15(20)19-13-4-2-1-3-11(13)9-18/h1-8H,10H2,(H,19,20)/b8-6+. The van der Waals surface area contributed by atoms with Crippen LogP contribution in [0.15, 0.2) is 46.9 Å². The molecule has 0 aliphatic rings. The van der Waals surface area contributed by atoms with Gasteiger partial charge in [0.15, 0.2) is 10.4 Å². The average Bonchev–Trinajstić information content (AvgIpc) is 2.97. The Bertz CT molecular complexity index is 789. The number of hydrogen-bond donors (Lipinski definition) is 1. The fourth-order valence-corrected chi connectivity index (χ4v) is 2.06. The lowest BCUT2D eigenvalue weighted by Crippen LogP contribution is -2.20. The summed E-state index contributed by atoms with van der Waals surface area (Å²) >= 11 is 2.01. The van der Waals surface area contributed by atoms with Crippen LogP contribution in [0.4, 0.5) is 5.69 Å². The van der Waals surface area contributed by atoms with Gasteiger partial charge >= 0.3 is 5.97 Å². The Balaban J connectivity index is 1.83. The Hall–Kier alpha value is -2.60. The minimum absolute atomic E-state index is 0.333. The molecule has 1 aromatic carbocycles. The highest BCUT2D eigenvalue weighted by Gasteiger charge is 2.08. The van der Waals surface area contributed by atoms with Crippen LogP contribution in [0.1, 0.15) is 11.3 Å². The lowest BCUT2D eigenvalue weighted by molar-refractivity contribution is -0.142. The van der Waals surface area contributed by atoms with Crippen molar-refractivity contribution in [2.75, 3.05) is 11.9 Å². The van der Waals surface area contributed by atoms with Gasteiger partial charge in [0.2, 0.25) is 0 Å². The van der Waals surface area contributed by atoms with E-state index in [-0.39, 0.29) is 0 Å². The van der Waals surface area contributed by atoms with Gasteiger partial charge in [0.25, 0.3) is 5.91 Å². The Morgan fingerprint density at radius 1 is 1.30 bits per heavy atom. The molecule has 116 valence electrons. The summed E-state index contributed by atoms with van der Waals surface area (Å²) in [7, 11) is 0. The fraction of sp³-hybridized carbons (Fsp3) is 0.0625. The van der Waals surface area contributed by atoms with E-state index < -0.39 is 18.5 Å². The topological polar surface area (TPSA) is 92.3 Å². The van der Waals surface area contributed by atoms with Crippen LogP contribution in [-0.4, -0.2) is 18.5 Å². The number of nitriles is 1. The number of esters is 1. The van der Waals surface area contributed by atoms with Crippen LogP contribution in [0.2, 0.25) is 0 Å². The molecule has 0 aliphatic carbocycles. The molecule has 1 amide bonds. The SMILES string of the molecule is N#Cc1ccccc1NC(=O)COC(=O)/C=C/c1ccc(I)o1. The molecule has 23 heavy (non-hydrogen) atoms. The molecule has 0 saturated carbocycles. The molecule has 0 spiro atoms. The monoisotopic (exact) mass is 422 g/mol. The van der Waals surface area contributed by atoms with E-state index in [0.29, 0.717) is 20.8 Å². The molecule has 7 heteroatoms. The maximum Gasteiger partial charge on any atom is 0.331 e. The average molecular weight is 422 g/mol. The van der Waals surface area contributed by atoms with Crippen LogP contribution >= 0.6 is 22.6 Å². The van der Waals surface area contributed by atoms with E-state index in [1.165, 1.54) is 12.2 Å². The maximum atomic E-state index is 11.7. The van der Waals surface area contributed by atoms with Gasteiger partial charge in [-0.2, -0.15) is 5.26 Å². The van der Waals surface area contributed by atoms with Gasteiger partial charge in [0.05, 0.1) is 11.3 Å². The second kappa shape index (κ2) is 8.14. The third-order valence-electron chi connectivity index (χ3n) is 2.64. The summed E-state index contributed by atoms with van der Waals surface area (Å²) in [5.41, 5.74) is 0.705. The summed E-state index contributed by atoms with van der Waals surface area (Å²) in [5.74, 6) is -0.680. The smallest absolute Gasteiger partial charge is 0.331 e. The summed E-state index contributed by atoms with van der Waals surface area (Å²) < 4.78 is 10.8. The van der Waals surface area contributed by atoms with Gasteiger partial charge in [-0.3, -0.25) is 4.79 Å². The van der Waals surface area contributed by atoms with Crippen molar-refractivity contribution >= 4 is 46.2 Å². The summed E-state index contributed by atoms with van der Waals surface area (Å²) in [4.78, 5) is 23.2. The zero-order chi connectivity index (χ0) is 16.7. The number of halogens is 1. The van der Waals surface area contributed by atoms with Crippen molar-refractivity contribution in [2.45, 2.75) is 0 Å². The number of furan rings is 1.